The maximum absolute atomic E-state index is 11.9. The Kier molecular flexibility index (Phi) is 5.00. The molecule has 1 fully saturated rings. The first kappa shape index (κ1) is 15.7. The maximum Gasteiger partial charge on any atom is 0.275 e. The predicted molar refractivity (Wildman–Crippen MR) is 77.3 cm³/mol. The standard InChI is InChI=1S/C12H20N2O4S2/c1-14(2)20(16,17)12-4-3-11(18-12)9-13-10-5-7-19(15)8-6-10/h3-4,10,13H,5-9H2,1-2H3. The fourth-order valence-corrected chi connectivity index (χ4v) is 4.13. The Balaban J connectivity index is 1.92. The van der Waals surface area contributed by atoms with E-state index in [1.54, 1.807) is 6.07 Å². The van der Waals surface area contributed by atoms with E-state index in [0.717, 1.165) is 28.7 Å². The van der Waals surface area contributed by atoms with Gasteiger partial charge in [0.05, 0.1) is 6.54 Å². The van der Waals surface area contributed by atoms with Crippen molar-refractivity contribution in [3.63, 3.8) is 0 Å². The van der Waals surface area contributed by atoms with Gasteiger partial charge in [0.15, 0.2) is 0 Å². The number of rotatable bonds is 5. The summed E-state index contributed by atoms with van der Waals surface area (Å²) >= 11 is 0. The summed E-state index contributed by atoms with van der Waals surface area (Å²) in [4.78, 5) is 0. The second-order valence-corrected chi connectivity index (χ2v) is 8.79. The largest absolute Gasteiger partial charge is 0.447 e. The van der Waals surface area contributed by atoms with E-state index >= 15 is 0 Å². The fourth-order valence-electron chi connectivity index (χ4n) is 2.01. The quantitative estimate of drug-likeness (QED) is 0.856. The zero-order valence-corrected chi connectivity index (χ0v) is 13.3. The molecule has 8 heteroatoms. The molecule has 0 aromatic carbocycles. The summed E-state index contributed by atoms with van der Waals surface area (Å²) in [6.45, 7) is 0.486. The van der Waals surface area contributed by atoms with Gasteiger partial charge < -0.3 is 9.73 Å². The van der Waals surface area contributed by atoms with E-state index in [9.17, 15) is 12.6 Å². The molecule has 1 aliphatic heterocycles. The maximum atomic E-state index is 11.9. The highest BCUT2D eigenvalue weighted by Crippen LogP contribution is 2.17. The van der Waals surface area contributed by atoms with Crippen LogP contribution in [0.2, 0.25) is 0 Å². The average molecular weight is 320 g/mol. The molecule has 0 saturated carbocycles. The van der Waals surface area contributed by atoms with Crippen molar-refractivity contribution in [2.24, 2.45) is 0 Å². The van der Waals surface area contributed by atoms with Gasteiger partial charge in [0.2, 0.25) is 5.09 Å². The molecule has 0 amide bonds. The summed E-state index contributed by atoms with van der Waals surface area (Å²) < 4.78 is 41.5. The van der Waals surface area contributed by atoms with Gasteiger partial charge in [0, 0.05) is 42.4 Å². The van der Waals surface area contributed by atoms with Crippen molar-refractivity contribution >= 4 is 20.8 Å². The average Bonchev–Trinajstić information content (AvgIpc) is 2.87. The van der Waals surface area contributed by atoms with Crippen molar-refractivity contribution in [1.29, 1.82) is 0 Å². The van der Waals surface area contributed by atoms with E-state index in [1.807, 2.05) is 0 Å². The van der Waals surface area contributed by atoms with Crippen LogP contribution in [0.25, 0.3) is 0 Å². The third-order valence-corrected chi connectivity index (χ3v) is 6.40. The topological polar surface area (TPSA) is 79.6 Å². The zero-order chi connectivity index (χ0) is 14.8. The van der Waals surface area contributed by atoms with Gasteiger partial charge in [-0.1, -0.05) is 0 Å². The van der Waals surface area contributed by atoms with Gasteiger partial charge in [-0.25, -0.2) is 12.7 Å². The molecule has 2 rings (SSSR count). The number of sulfonamides is 1. The minimum Gasteiger partial charge on any atom is -0.447 e. The molecule has 1 aromatic heterocycles. The third-order valence-electron chi connectivity index (χ3n) is 3.32. The minimum absolute atomic E-state index is 0.0379. The highest BCUT2D eigenvalue weighted by molar-refractivity contribution is 7.89. The molecular weight excluding hydrogens is 300 g/mol. The van der Waals surface area contributed by atoms with Crippen molar-refractivity contribution in [2.45, 2.75) is 30.5 Å². The van der Waals surface area contributed by atoms with E-state index in [2.05, 4.69) is 5.32 Å². The molecule has 20 heavy (non-hydrogen) atoms. The normalized spacial score (nSPS) is 24.1. The molecule has 0 aliphatic carbocycles. The molecule has 0 unspecified atom stereocenters. The summed E-state index contributed by atoms with van der Waals surface area (Å²) in [5, 5.41) is 3.28. The highest BCUT2D eigenvalue weighted by atomic mass is 32.2. The van der Waals surface area contributed by atoms with Gasteiger partial charge in [-0.2, -0.15) is 0 Å². The summed E-state index contributed by atoms with van der Waals surface area (Å²) in [5.41, 5.74) is 0. The third kappa shape index (κ3) is 3.69. The van der Waals surface area contributed by atoms with Crippen molar-refractivity contribution in [2.75, 3.05) is 25.6 Å². The lowest BCUT2D eigenvalue weighted by Crippen LogP contribution is -2.35. The molecule has 1 aliphatic rings. The van der Waals surface area contributed by atoms with E-state index in [4.69, 9.17) is 4.42 Å². The molecule has 114 valence electrons. The van der Waals surface area contributed by atoms with Crippen LogP contribution >= 0.6 is 0 Å². The molecule has 0 atom stereocenters. The molecule has 0 radical (unpaired) electrons. The monoisotopic (exact) mass is 320 g/mol. The van der Waals surface area contributed by atoms with Crippen LogP contribution in [0.3, 0.4) is 0 Å². The van der Waals surface area contributed by atoms with Gasteiger partial charge in [-0.3, -0.25) is 4.21 Å². The van der Waals surface area contributed by atoms with Crippen LogP contribution in [0.1, 0.15) is 18.6 Å². The lowest BCUT2D eigenvalue weighted by atomic mass is 10.1. The van der Waals surface area contributed by atoms with Gasteiger partial charge in [-0.05, 0) is 25.0 Å². The first-order chi connectivity index (χ1) is 9.39. The van der Waals surface area contributed by atoms with Crippen LogP contribution in [-0.4, -0.2) is 48.6 Å². The Morgan fingerprint density at radius 2 is 2.00 bits per heavy atom. The van der Waals surface area contributed by atoms with Gasteiger partial charge in [0.1, 0.15) is 5.76 Å². The number of hydrogen-bond donors (Lipinski definition) is 1. The van der Waals surface area contributed by atoms with Crippen LogP contribution in [0.4, 0.5) is 0 Å². The van der Waals surface area contributed by atoms with Crippen LogP contribution in [-0.2, 0) is 27.4 Å². The Bertz CT molecular complexity index is 570. The van der Waals surface area contributed by atoms with Gasteiger partial charge >= 0.3 is 0 Å². The fraction of sp³-hybridized carbons (Fsp3) is 0.667. The number of nitrogens with one attached hydrogen (secondary N) is 1. The Morgan fingerprint density at radius 3 is 2.60 bits per heavy atom. The van der Waals surface area contributed by atoms with Crippen LogP contribution in [0, 0.1) is 0 Å². The minimum atomic E-state index is -3.51. The molecule has 0 spiro atoms. The predicted octanol–water partition coefficient (Wildman–Crippen LogP) is 0.531. The zero-order valence-electron chi connectivity index (χ0n) is 11.7. The number of furan rings is 1. The summed E-state index contributed by atoms with van der Waals surface area (Å²) in [6.07, 6.45) is 1.77. The molecule has 1 N–H and O–H groups in total. The Labute approximate surface area is 122 Å². The molecule has 1 aromatic rings. The Morgan fingerprint density at radius 1 is 1.35 bits per heavy atom. The van der Waals surface area contributed by atoms with Crippen LogP contribution in [0.15, 0.2) is 21.6 Å². The van der Waals surface area contributed by atoms with Gasteiger partial charge in [-0.15, -0.1) is 0 Å². The van der Waals surface area contributed by atoms with E-state index in [0.29, 0.717) is 18.3 Å². The highest BCUT2D eigenvalue weighted by Gasteiger charge is 2.22. The molecule has 0 bridgehead atoms. The molecule has 2 heterocycles. The summed E-state index contributed by atoms with van der Waals surface area (Å²) in [5.74, 6) is 2.06. The lowest BCUT2D eigenvalue weighted by Gasteiger charge is -2.22. The van der Waals surface area contributed by atoms with E-state index < -0.39 is 20.8 Å². The number of nitrogens with zero attached hydrogens (tertiary/aromatic N) is 1. The van der Waals surface area contributed by atoms with Crippen molar-refractivity contribution < 1.29 is 17.0 Å². The van der Waals surface area contributed by atoms with Crippen molar-refractivity contribution in [3.8, 4) is 0 Å². The first-order valence-electron chi connectivity index (χ1n) is 6.49. The van der Waals surface area contributed by atoms with Gasteiger partial charge in [0.25, 0.3) is 10.0 Å². The van der Waals surface area contributed by atoms with Crippen LogP contribution < -0.4 is 5.32 Å². The smallest absolute Gasteiger partial charge is 0.275 e. The Hall–Kier alpha value is -0.700. The first-order valence-corrected chi connectivity index (χ1v) is 9.42. The SMILES string of the molecule is CN(C)S(=O)(=O)c1ccc(CNC2CCS(=O)CC2)o1. The number of hydrogen-bond acceptors (Lipinski definition) is 5. The summed E-state index contributed by atoms with van der Waals surface area (Å²) in [7, 11) is -1.24. The molecule has 1 saturated heterocycles. The molecular formula is C12H20N2O4S2. The lowest BCUT2D eigenvalue weighted by molar-refractivity contribution is 0.373. The van der Waals surface area contributed by atoms with Crippen molar-refractivity contribution in [3.05, 3.63) is 17.9 Å². The van der Waals surface area contributed by atoms with Crippen molar-refractivity contribution in [1.82, 2.24) is 9.62 Å². The van der Waals surface area contributed by atoms with Crippen LogP contribution in [0.5, 0.6) is 0 Å². The second kappa shape index (κ2) is 6.38. The molecule has 6 nitrogen and oxygen atoms in total. The summed E-state index contributed by atoms with van der Waals surface area (Å²) in [6, 6.07) is 3.47. The van der Waals surface area contributed by atoms with E-state index in [1.165, 1.54) is 20.2 Å². The van der Waals surface area contributed by atoms with E-state index in [-0.39, 0.29) is 5.09 Å². The second-order valence-electron chi connectivity index (χ2n) is 5.01.